The molecule has 0 radical (unpaired) electrons. The molecule has 5 heteroatoms. The summed E-state index contributed by atoms with van der Waals surface area (Å²) < 4.78 is 26.5. The molecule has 0 saturated carbocycles. The van der Waals surface area contributed by atoms with Crippen LogP contribution in [0.3, 0.4) is 0 Å². The lowest BCUT2D eigenvalue weighted by molar-refractivity contribution is 0.102. The molecule has 0 spiro atoms. The van der Waals surface area contributed by atoms with E-state index in [1.54, 1.807) is 25.1 Å². The SMILES string of the molecule is Cc1cccc(N)c1NC(=O)c1cc(F)ccc1F. The summed E-state index contributed by atoms with van der Waals surface area (Å²) in [7, 11) is 0. The van der Waals surface area contributed by atoms with Crippen molar-refractivity contribution in [1.29, 1.82) is 0 Å². The zero-order valence-corrected chi connectivity index (χ0v) is 10.2. The molecular formula is C14H12F2N2O. The molecule has 0 unspecified atom stereocenters. The number of aryl methyl sites for hydroxylation is 1. The van der Waals surface area contributed by atoms with Crippen molar-refractivity contribution in [2.75, 3.05) is 11.1 Å². The van der Waals surface area contributed by atoms with Crippen molar-refractivity contribution >= 4 is 17.3 Å². The third kappa shape index (κ3) is 2.70. The largest absolute Gasteiger partial charge is 0.397 e. The molecule has 3 nitrogen and oxygen atoms in total. The van der Waals surface area contributed by atoms with E-state index in [1.807, 2.05) is 0 Å². The van der Waals surface area contributed by atoms with E-state index in [1.165, 1.54) is 0 Å². The second-order valence-corrected chi connectivity index (χ2v) is 4.12. The van der Waals surface area contributed by atoms with Crippen LogP contribution in [0.25, 0.3) is 0 Å². The number of rotatable bonds is 2. The Bertz CT molecular complexity index is 621. The zero-order valence-electron chi connectivity index (χ0n) is 10.2. The Morgan fingerprint density at radius 1 is 1.21 bits per heavy atom. The molecular weight excluding hydrogens is 250 g/mol. The Kier molecular flexibility index (Phi) is 3.46. The molecule has 0 atom stereocenters. The summed E-state index contributed by atoms with van der Waals surface area (Å²) in [5.41, 5.74) is 6.88. The third-order valence-corrected chi connectivity index (χ3v) is 2.72. The van der Waals surface area contributed by atoms with Gasteiger partial charge in [0.05, 0.1) is 16.9 Å². The number of hydrogen-bond donors (Lipinski definition) is 2. The predicted octanol–water partition coefficient (Wildman–Crippen LogP) is 3.11. The van der Waals surface area contributed by atoms with Gasteiger partial charge in [-0.1, -0.05) is 12.1 Å². The van der Waals surface area contributed by atoms with Crippen molar-refractivity contribution in [2.24, 2.45) is 0 Å². The minimum absolute atomic E-state index is 0.359. The van der Waals surface area contributed by atoms with Crippen LogP contribution in [-0.4, -0.2) is 5.91 Å². The predicted molar refractivity (Wildman–Crippen MR) is 69.9 cm³/mol. The van der Waals surface area contributed by atoms with Gasteiger partial charge in [-0.05, 0) is 36.8 Å². The van der Waals surface area contributed by atoms with E-state index in [0.717, 1.165) is 23.8 Å². The summed E-state index contributed by atoms with van der Waals surface area (Å²) in [6.45, 7) is 1.76. The van der Waals surface area contributed by atoms with E-state index < -0.39 is 17.5 Å². The van der Waals surface area contributed by atoms with Gasteiger partial charge in [0.1, 0.15) is 11.6 Å². The van der Waals surface area contributed by atoms with Crippen molar-refractivity contribution in [3.05, 3.63) is 59.2 Å². The number of carbonyl (C=O) groups excluding carboxylic acids is 1. The Balaban J connectivity index is 2.34. The lowest BCUT2D eigenvalue weighted by Gasteiger charge is -2.11. The zero-order chi connectivity index (χ0) is 14.0. The molecule has 0 aliphatic rings. The number of halogens is 2. The number of benzene rings is 2. The van der Waals surface area contributed by atoms with E-state index in [2.05, 4.69) is 5.32 Å². The second-order valence-electron chi connectivity index (χ2n) is 4.12. The van der Waals surface area contributed by atoms with Crippen molar-refractivity contribution in [1.82, 2.24) is 0 Å². The highest BCUT2D eigenvalue weighted by atomic mass is 19.1. The van der Waals surface area contributed by atoms with E-state index in [9.17, 15) is 13.6 Å². The molecule has 0 aliphatic heterocycles. The lowest BCUT2D eigenvalue weighted by atomic mass is 10.1. The molecule has 3 N–H and O–H groups in total. The molecule has 2 aromatic rings. The molecule has 2 aromatic carbocycles. The number of amides is 1. The van der Waals surface area contributed by atoms with Crippen LogP contribution >= 0.6 is 0 Å². The Hall–Kier alpha value is -2.43. The fourth-order valence-electron chi connectivity index (χ4n) is 1.71. The quantitative estimate of drug-likeness (QED) is 0.817. The summed E-state index contributed by atoms with van der Waals surface area (Å²) in [5, 5.41) is 2.49. The van der Waals surface area contributed by atoms with Crippen LogP contribution in [0.5, 0.6) is 0 Å². The standard InChI is InChI=1S/C14H12F2N2O/c1-8-3-2-4-12(17)13(8)18-14(19)10-7-9(15)5-6-11(10)16/h2-7H,17H2,1H3,(H,18,19). The van der Waals surface area contributed by atoms with Gasteiger partial charge in [0, 0.05) is 0 Å². The van der Waals surface area contributed by atoms with Crippen molar-refractivity contribution in [2.45, 2.75) is 6.92 Å². The van der Waals surface area contributed by atoms with Crippen LogP contribution in [-0.2, 0) is 0 Å². The summed E-state index contributed by atoms with van der Waals surface area (Å²) in [4.78, 5) is 11.9. The van der Waals surface area contributed by atoms with Crippen molar-refractivity contribution < 1.29 is 13.6 Å². The Morgan fingerprint density at radius 2 is 1.95 bits per heavy atom. The average Bonchev–Trinajstić information content (AvgIpc) is 2.37. The van der Waals surface area contributed by atoms with Gasteiger partial charge < -0.3 is 11.1 Å². The van der Waals surface area contributed by atoms with E-state index in [0.29, 0.717) is 11.4 Å². The molecule has 0 aromatic heterocycles. The Labute approximate surface area is 109 Å². The number of anilines is 2. The van der Waals surface area contributed by atoms with Gasteiger partial charge >= 0.3 is 0 Å². The first-order valence-corrected chi connectivity index (χ1v) is 5.60. The Morgan fingerprint density at radius 3 is 2.63 bits per heavy atom. The van der Waals surface area contributed by atoms with Crippen LogP contribution < -0.4 is 11.1 Å². The van der Waals surface area contributed by atoms with Gasteiger partial charge in [0.15, 0.2) is 0 Å². The smallest absolute Gasteiger partial charge is 0.258 e. The van der Waals surface area contributed by atoms with Gasteiger partial charge in [-0.15, -0.1) is 0 Å². The summed E-state index contributed by atoms with van der Waals surface area (Å²) in [6.07, 6.45) is 0. The third-order valence-electron chi connectivity index (χ3n) is 2.72. The number of para-hydroxylation sites is 1. The van der Waals surface area contributed by atoms with Gasteiger partial charge in [0.2, 0.25) is 0 Å². The van der Waals surface area contributed by atoms with E-state index in [4.69, 9.17) is 5.73 Å². The first-order valence-electron chi connectivity index (χ1n) is 5.60. The highest BCUT2D eigenvalue weighted by molar-refractivity contribution is 6.06. The lowest BCUT2D eigenvalue weighted by Crippen LogP contribution is -2.16. The molecule has 19 heavy (non-hydrogen) atoms. The van der Waals surface area contributed by atoms with Crippen LogP contribution in [0.15, 0.2) is 36.4 Å². The van der Waals surface area contributed by atoms with Crippen LogP contribution in [0.2, 0.25) is 0 Å². The van der Waals surface area contributed by atoms with Gasteiger partial charge in [-0.2, -0.15) is 0 Å². The maximum atomic E-state index is 13.5. The fraction of sp³-hybridized carbons (Fsp3) is 0.0714. The molecule has 0 bridgehead atoms. The number of nitrogen functional groups attached to an aromatic ring is 1. The maximum absolute atomic E-state index is 13.5. The van der Waals surface area contributed by atoms with Crippen molar-refractivity contribution in [3.63, 3.8) is 0 Å². The number of nitrogens with one attached hydrogen (secondary N) is 1. The minimum Gasteiger partial charge on any atom is -0.397 e. The number of nitrogens with two attached hydrogens (primary N) is 1. The van der Waals surface area contributed by atoms with Gasteiger partial charge in [-0.3, -0.25) is 4.79 Å². The van der Waals surface area contributed by atoms with Crippen molar-refractivity contribution in [3.8, 4) is 0 Å². The van der Waals surface area contributed by atoms with E-state index in [-0.39, 0.29) is 5.56 Å². The van der Waals surface area contributed by atoms with Crippen LogP contribution in [0.4, 0.5) is 20.2 Å². The normalized spacial score (nSPS) is 10.3. The topological polar surface area (TPSA) is 55.1 Å². The molecule has 0 saturated heterocycles. The van der Waals surface area contributed by atoms with Gasteiger partial charge in [0.25, 0.3) is 5.91 Å². The maximum Gasteiger partial charge on any atom is 0.258 e. The second kappa shape index (κ2) is 5.06. The molecule has 2 rings (SSSR count). The average molecular weight is 262 g/mol. The van der Waals surface area contributed by atoms with Gasteiger partial charge in [-0.25, -0.2) is 8.78 Å². The molecule has 0 aliphatic carbocycles. The first kappa shape index (κ1) is 13.0. The monoisotopic (exact) mass is 262 g/mol. The summed E-state index contributed by atoms with van der Waals surface area (Å²) in [6, 6.07) is 7.82. The highest BCUT2D eigenvalue weighted by Crippen LogP contribution is 2.23. The molecule has 0 fully saturated rings. The number of hydrogen-bond acceptors (Lipinski definition) is 2. The first-order chi connectivity index (χ1) is 8.99. The fourth-order valence-corrected chi connectivity index (χ4v) is 1.71. The number of carbonyl (C=O) groups is 1. The minimum atomic E-state index is -0.786. The van der Waals surface area contributed by atoms with Crippen LogP contribution in [0, 0.1) is 18.6 Å². The molecule has 0 heterocycles. The molecule has 98 valence electrons. The molecule has 1 amide bonds. The van der Waals surface area contributed by atoms with Crippen LogP contribution in [0.1, 0.15) is 15.9 Å². The van der Waals surface area contributed by atoms with E-state index >= 15 is 0 Å². The summed E-state index contributed by atoms with van der Waals surface area (Å²) in [5.74, 6) is -2.20. The highest BCUT2D eigenvalue weighted by Gasteiger charge is 2.15. The summed E-state index contributed by atoms with van der Waals surface area (Å²) >= 11 is 0.